The molecular formula is C26H28F2N4O2. The fourth-order valence-electron chi connectivity index (χ4n) is 4.38. The number of carboxylic acid groups (broad SMARTS) is 1. The number of aromatic nitrogens is 1. The zero-order chi connectivity index (χ0) is 24.2. The summed E-state index contributed by atoms with van der Waals surface area (Å²) in [6.45, 7) is 4.35. The number of nitrogens with zero attached hydrogens (tertiary/aromatic N) is 1. The third kappa shape index (κ3) is 5.17. The van der Waals surface area contributed by atoms with Gasteiger partial charge in [-0.3, -0.25) is 4.79 Å². The number of carboxylic acids is 1. The van der Waals surface area contributed by atoms with Crippen LogP contribution in [0.15, 0.2) is 54.7 Å². The number of carbonyl (C=O) groups is 1. The highest BCUT2D eigenvalue weighted by Crippen LogP contribution is 2.29. The minimum Gasteiger partial charge on any atom is -0.481 e. The van der Waals surface area contributed by atoms with Crippen molar-refractivity contribution in [2.24, 2.45) is 0 Å². The normalized spacial score (nSPS) is 16.6. The van der Waals surface area contributed by atoms with E-state index in [1.807, 2.05) is 30.3 Å². The van der Waals surface area contributed by atoms with Crippen LogP contribution in [0.3, 0.4) is 0 Å². The second-order valence-corrected chi connectivity index (χ2v) is 8.63. The van der Waals surface area contributed by atoms with Crippen LogP contribution in [0.4, 0.5) is 20.3 Å². The van der Waals surface area contributed by atoms with Crippen molar-refractivity contribution in [1.82, 2.24) is 10.3 Å². The van der Waals surface area contributed by atoms with E-state index in [9.17, 15) is 18.7 Å². The van der Waals surface area contributed by atoms with Crippen molar-refractivity contribution in [3.8, 4) is 0 Å². The first-order valence-corrected chi connectivity index (χ1v) is 11.3. The van der Waals surface area contributed by atoms with Crippen molar-refractivity contribution in [3.63, 3.8) is 0 Å². The Hall–Kier alpha value is -3.52. The molecular weight excluding hydrogens is 438 g/mol. The molecule has 6 nitrogen and oxygen atoms in total. The van der Waals surface area contributed by atoms with Gasteiger partial charge < -0.3 is 21.1 Å². The summed E-state index contributed by atoms with van der Waals surface area (Å²) in [4.78, 5) is 15.6. The second kappa shape index (κ2) is 10.2. The van der Waals surface area contributed by atoms with Crippen molar-refractivity contribution >= 4 is 17.5 Å². The monoisotopic (exact) mass is 466 g/mol. The summed E-state index contributed by atoms with van der Waals surface area (Å²) >= 11 is 0. The van der Waals surface area contributed by atoms with Gasteiger partial charge in [0.25, 0.3) is 0 Å². The molecule has 3 aromatic rings. The highest BCUT2D eigenvalue weighted by molar-refractivity contribution is 5.76. The fraction of sp³-hybridized carbons (Fsp3) is 0.308. The molecule has 0 aliphatic carbocycles. The molecule has 0 saturated heterocycles. The first kappa shape index (κ1) is 23.6. The van der Waals surface area contributed by atoms with Crippen LogP contribution in [0.2, 0.25) is 0 Å². The molecule has 0 bridgehead atoms. The van der Waals surface area contributed by atoms with Gasteiger partial charge in [-0.05, 0) is 55.1 Å². The van der Waals surface area contributed by atoms with Crippen LogP contribution in [-0.2, 0) is 11.2 Å². The van der Waals surface area contributed by atoms with Gasteiger partial charge in [0.2, 0.25) is 0 Å². The maximum absolute atomic E-state index is 14.7. The van der Waals surface area contributed by atoms with Crippen LogP contribution >= 0.6 is 0 Å². The van der Waals surface area contributed by atoms with Crippen LogP contribution in [0, 0.1) is 18.6 Å². The number of hydrogen-bond acceptors (Lipinski definition) is 5. The van der Waals surface area contributed by atoms with Crippen molar-refractivity contribution in [3.05, 3.63) is 88.6 Å². The van der Waals surface area contributed by atoms with Gasteiger partial charge in [0.1, 0.15) is 17.5 Å². The number of aryl methyl sites for hydroxylation is 1. The highest BCUT2D eigenvalue weighted by Gasteiger charge is 2.27. The highest BCUT2D eigenvalue weighted by atomic mass is 19.1. The molecule has 0 saturated carbocycles. The van der Waals surface area contributed by atoms with E-state index < -0.39 is 17.7 Å². The van der Waals surface area contributed by atoms with Gasteiger partial charge in [0, 0.05) is 12.6 Å². The quantitative estimate of drug-likeness (QED) is 0.387. The largest absolute Gasteiger partial charge is 0.481 e. The first-order chi connectivity index (χ1) is 16.3. The van der Waals surface area contributed by atoms with Gasteiger partial charge in [-0.1, -0.05) is 36.4 Å². The summed E-state index contributed by atoms with van der Waals surface area (Å²) < 4.78 is 28.2. The van der Waals surface area contributed by atoms with E-state index in [1.165, 1.54) is 18.3 Å². The lowest BCUT2D eigenvalue weighted by Gasteiger charge is -2.34. The second-order valence-electron chi connectivity index (χ2n) is 8.63. The fourth-order valence-corrected chi connectivity index (χ4v) is 4.38. The Morgan fingerprint density at radius 2 is 2.00 bits per heavy atom. The number of halogens is 2. The molecule has 34 heavy (non-hydrogen) atoms. The van der Waals surface area contributed by atoms with Crippen LogP contribution in [-0.4, -0.2) is 35.2 Å². The van der Waals surface area contributed by atoms with Gasteiger partial charge in [-0.2, -0.15) is 0 Å². The van der Waals surface area contributed by atoms with Gasteiger partial charge in [0.05, 0.1) is 29.9 Å². The summed E-state index contributed by atoms with van der Waals surface area (Å²) in [5.41, 5.74) is 3.40. The van der Waals surface area contributed by atoms with Crippen molar-refractivity contribution in [2.75, 3.05) is 23.7 Å². The topological polar surface area (TPSA) is 86.3 Å². The Morgan fingerprint density at radius 3 is 2.74 bits per heavy atom. The summed E-state index contributed by atoms with van der Waals surface area (Å²) in [5.74, 6) is -1.81. The minimum atomic E-state index is -0.937. The maximum atomic E-state index is 14.7. The molecule has 0 fully saturated rings. The molecule has 0 unspecified atom stereocenters. The van der Waals surface area contributed by atoms with E-state index in [2.05, 4.69) is 20.9 Å². The average Bonchev–Trinajstić information content (AvgIpc) is 2.83. The molecule has 0 amide bonds. The van der Waals surface area contributed by atoms with Gasteiger partial charge in [0.15, 0.2) is 0 Å². The number of rotatable bonds is 8. The lowest BCUT2D eigenvalue weighted by atomic mass is 9.93. The molecule has 2 aromatic carbocycles. The van der Waals surface area contributed by atoms with Crippen molar-refractivity contribution in [1.29, 1.82) is 0 Å². The molecule has 8 heteroatoms. The van der Waals surface area contributed by atoms with E-state index in [0.29, 0.717) is 47.7 Å². The van der Waals surface area contributed by atoms with E-state index in [0.717, 1.165) is 5.56 Å². The number of hydrogen-bond donors (Lipinski definition) is 4. The molecule has 178 valence electrons. The van der Waals surface area contributed by atoms with E-state index in [1.54, 1.807) is 19.9 Å². The van der Waals surface area contributed by atoms with Gasteiger partial charge >= 0.3 is 5.97 Å². The molecule has 1 aliphatic heterocycles. The molecule has 1 aliphatic rings. The number of nitrogens with one attached hydrogen (secondary N) is 3. The first-order valence-electron chi connectivity index (χ1n) is 11.3. The summed E-state index contributed by atoms with van der Waals surface area (Å²) in [6, 6.07) is 14.2. The van der Waals surface area contributed by atoms with Crippen LogP contribution in [0.25, 0.3) is 0 Å². The van der Waals surface area contributed by atoms with Crippen LogP contribution in [0.5, 0.6) is 0 Å². The van der Waals surface area contributed by atoms with Crippen molar-refractivity contribution in [2.45, 2.75) is 38.3 Å². The zero-order valence-corrected chi connectivity index (χ0v) is 19.1. The van der Waals surface area contributed by atoms with Gasteiger partial charge in [-0.25, -0.2) is 13.8 Å². The smallest absolute Gasteiger partial charge is 0.310 e. The molecule has 0 radical (unpaired) electrons. The third-order valence-corrected chi connectivity index (χ3v) is 6.28. The Bertz CT molecular complexity index is 1170. The minimum absolute atomic E-state index is 0.0849. The molecule has 4 N–H and O–H groups in total. The predicted octanol–water partition coefficient (Wildman–Crippen LogP) is 4.64. The Kier molecular flexibility index (Phi) is 7.07. The van der Waals surface area contributed by atoms with Crippen LogP contribution < -0.4 is 16.0 Å². The van der Waals surface area contributed by atoms with E-state index in [4.69, 9.17) is 0 Å². The lowest BCUT2D eigenvalue weighted by molar-refractivity contribution is -0.138. The lowest BCUT2D eigenvalue weighted by Crippen LogP contribution is -2.44. The van der Waals surface area contributed by atoms with Crippen LogP contribution in [0.1, 0.15) is 41.1 Å². The van der Waals surface area contributed by atoms with E-state index in [-0.39, 0.29) is 17.9 Å². The Morgan fingerprint density at radius 1 is 1.24 bits per heavy atom. The molecule has 0 spiro atoms. The summed E-state index contributed by atoms with van der Waals surface area (Å²) in [6.07, 6.45) is 1.58. The summed E-state index contributed by atoms with van der Waals surface area (Å²) in [7, 11) is 0. The van der Waals surface area contributed by atoms with Crippen molar-refractivity contribution < 1.29 is 18.7 Å². The molecule has 3 atom stereocenters. The predicted molar refractivity (Wildman–Crippen MR) is 128 cm³/mol. The average molecular weight is 467 g/mol. The zero-order valence-electron chi connectivity index (χ0n) is 19.1. The Balaban J connectivity index is 1.51. The number of anilines is 2. The maximum Gasteiger partial charge on any atom is 0.310 e. The number of aliphatic carboxylic acids is 1. The molecule has 4 rings (SSSR count). The van der Waals surface area contributed by atoms with Gasteiger partial charge in [-0.15, -0.1) is 0 Å². The molecule has 2 heterocycles. The summed E-state index contributed by atoms with van der Waals surface area (Å²) in [5, 5.41) is 19.5. The molecule has 1 aromatic heterocycles. The Labute approximate surface area is 197 Å². The number of benzene rings is 2. The number of fused-ring (bicyclic) bond motifs is 1. The third-order valence-electron chi connectivity index (χ3n) is 6.28. The van der Waals surface area contributed by atoms with E-state index >= 15 is 0 Å². The number of pyridine rings is 1. The SMILES string of the molecule is Cc1cc(F)c(CCN[C@H](c2ccccc2)[C@H]2CNc3cc(F)cnc3N2)cc1[C@H](C)C(=O)O. The standard InChI is InChI=1S/C26H28F2N4O2/c1-15-10-21(28)18(11-20(15)16(2)26(33)34)8-9-29-24(17-6-4-3-5-7-17)23-14-30-22-12-19(27)13-31-25(22)32-23/h3-7,10-13,16,23-24,29-30H,8-9,14H2,1-2H3,(H,31,32)(H,33,34)/t16-,23+,24+/m0/s1.